The van der Waals surface area contributed by atoms with Crippen LogP contribution in [0.2, 0.25) is 0 Å². The summed E-state index contributed by atoms with van der Waals surface area (Å²) < 4.78 is 4.93. The molecule has 2 rings (SSSR count). The van der Waals surface area contributed by atoms with Gasteiger partial charge in [-0.05, 0) is 18.6 Å². The highest BCUT2D eigenvalue weighted by Crippen LogP contribution is 2.18. The highest BCUT2D eigenvalue weighted by molar-refractivity contribution is 5.93. The second kappa shape index (κ2) is 8.09. The van der Waals surface area contributed by atoms with Crippen molar-refractivity contribution in [2.24, 2.45) is 0 Å². The van der Waals surface area contributed by atoms with Crippen LogP contribution in [0, 0.1) is 0 Å². The van der Waals surface area contributed by atoms with E-state index >= 15 is 0 Å². The SMILES string of the molecule is COCCCNC(=O)c1cnc(N(C)c2ccccc2)nc1. The minimum atomic E-state index is -0.176. The molecule has 0 aliphatic carbocycles. The number of methoxy groups -OCH3 is 1. The molecule has 0 aliphatic heterocycles. The lowest BCUT2D eigenvalue weighted by Crippen LogP contribution is -2.25. The molecule has 0 radical (unpaired) electrons. The average molecular weight is 300 g/mol. The van der Waals surface area contributed by atoms with E-state index in [-0.39, 0.29) is 5.91 Å². The van der Waals surface area contributed by atoms with Crippen LogP contribution in [0.15, 0.2) is 42.7 Å². The standard InChI is InChI=1S/C16H20N4O2/c1-20(14-7-4-3-5-8-14)16-18-11-13(12-19-16)15(21)17-9-6-10-22-2/h3-5,7-8,11-12H,6,9-10H2,1-2H3,(H,17,21). The Balaban J connectivity index is 1.96. The summed E-state index contributed by atoms with van der Waals surface area (Å²) in [5.74, 6) is 0.368. The number of ether oxygens (including phenoxy) is 1. The number of rotatable bonds is 7. The monoisotopic (exact) mass is 300 g/mol. The van der Waals surface area contributed by atoms with Crippen LogP contribution in [0.25, 0.3) is 0 Å². The van der Waals surface area contributed by atoms with Gasteiger partial charge in [-0.2, -0.15) is 0 Å². The zero-order valence-electron chi connectivity index (χ0n) is 12.8. The second-order valence-corrected chi connectivity index (χ2v) is 4.77. The summed E-state index contributed by atoms with van der Waals surface area (Å²) in [6.45, 7) is 1.19. The maximum Gasteiger partial charge on any atom is 0.254 e. The van der Waals surface area contributed by atoms with E-state index in [1.54, 1.807) is 7.11 Å². The largest absolute Gasteiger partial charge is 0.385 e. The Bertz CT molecular complexity index is 587. The van der Waals surface area contributed by atoms with Crippen molar-refractivity contribution in [3.05, 3.63) is 48.3 Å². The fraction of sp³-hybridized carbons (Fsp3) is 0.312. The molecule has 0 bridgehead atoms. The first-order chi connectivity index (χ1) is 10.7. The summed E-state index contributed by atoms with van der Waals surface area (Å²) >= 11 is 0. The number of hydrogen-bond acceptors (Lipinski definition) is 5. The normalized spacial score (nSPS) is 10.3. The fourth-order valence-corrected chi connectivity index (χ4v) is 1.90. The Hall–Kier alpha value is -2.47. The van der Waals surface area contributed by atoms with Crippen LogP contribution in [-0.2, 0) is 4.74 Å². The maximum atomic E-state index is 11.9. The molecule has 1 aromatic heterocycles. The van der Waals surface area contributed by atoms with E-state index in [2.05, 4.69) is 15.3 Å². The third-order valence-electron chi connectivity index (χ3n) is 3.15. The summed E-state index contributed by atoms with van der Waals surface area (Å²) in [6, 6.07) is 9.80. The van der Waals surface area contributed by atoms with E-state index < -0.39 is 0 Å². The Kier molecular flexibility index (Phi) is 5.85. The predicted octanol–water partition coefficient (Wildman–Crippen LogP) is 2.01. The van der Waals surface area contributed by atoms with Crippen molar-refractivity contribution in [2.45, 2.75) is 6.42 Å². The molecule has 1 amide bonds. The summed E-state index contributed by atoms with van der Waals surface area (Å²) in [7, 11) is 3.52. The van der Waals surface area contributed by atoms with Crippen molar-refractivity contribution in [2.75, 3.05) is 32.2 Å². The molecule has 6 nitrogen and oxygen atoms in total. The number of nitrogens with one attached hydrogen (secondary N) is 1. The number of aromatic nitrogens is 2. The Morgan fingerprint density at radius 3 is 2.55 bits per heavy atom. The Labute approximate surface area is 130 Å². The van der Waals surface area contributed by atoms with E-state index in [0.29, 0.717) is 24.7 Å². The number of carbonyl (C=O) groups is 1. The third-order valence-corrected chi connectivity index (χ3v) is 3.15. The molecule has 6 heteroatoms. The molecule has 116 valence electrons. The maximum absolute atomic E-state index is 11.9. The third kappa shape index (κ3) is 4.26. The van der Waals surface area contributed by atoms with Crippen LogP contribution in [0.3, 0.4) is 0 Å². The average Bonchev–Trinajstić information content (AvgIpc) is 2.59. The minimum absolute atomic E-state index is 0.176. The lowest BCUT2D eigenvalue weighted by atomic mass is 10.3. The first kappa shape index (κ1) is 15.9. The number of carbonyl (C=O) groups excluding carboxylic acids is 1. The van der Waals surface area contributed by atoms with E-state index in [1.165, 1.54) is 12.4 Å². The first-order valence-corrected chi connectivity index (χ1v) is 7.10. The van der Waals surface area contributed by atoms with Gasteiger partial charge in [-0.25, -0.2) is 9.97 Å². The smallest absolute Gasteiger partial charge is 0.254 e. The number of nitrogens with zero attached hydrogens (tertiary/aromatic N) is 3. The Morgan fingerprint density at radius 1 is 1.23 bits per heavy atom. The van der Waals surface area contributed by atoms with E-state index in [4.69, 9.17) is 4.74 Å². The van der Waals surface area contributed by atoms with Gasteiger partial charge < -0.3 is 15.0 Å². The van der Waals surface area contributed by atoms with Gasteiger partial charge in [0.15, 0.2) is 0 Å². The molecule has 0 saturated carbocycles. The van der Waals surface area contributed by atoms with E-state index in [1.807, 2.05) is 42.3 Å². The number of amides is 1. The molecule has 1 aromatic carbocycles. The number of hydrogen-bond donors (Lipinski definition) is 1. The van der Waals surface area contributed by atoms with E-state index in [9.17, 15) is 4.79 Å². The predicted molar refractivity (Wildman–Crippen MR) is 85.4 cm³/mol. The van der Waals surface area contributed by atoms with Gasteiger partial charge in [0.2, 0.25) is 5.95 Å². The van der Waals surface area contributed by atoms with Crippen LogP contribution >= 0.6 is 0 Å². The molecule has 1 heterocycles. The molecular formula is C16H20N4O2. The van der Waals surface area contributed by atoms with Crippen LogP contribution in [0.4, 0.5) is 11.6 Å². The van der Waals surface area contributed by atoms with E-state index in [0.717, 1.165) is 12.1 Å². The van der Waals surface area contributed by atoms with Crippen molar-refractivity contribution in [1.29, 1.82) is 0 Å². The minimum Gasteiger partial charge on any atom is -0.385 e. The molecular weight excluding hydrogens is 280 g/mol. The number of para-hydroxylation sites is 1. The highest BCUT2D eigenvalue weighted by Gasteiger charge is 2.09. The van der Waals surface area contributed by atoms with Crippen LogP contribution < -0.4 is 10.2 Å². The topological polar surface area (TPSA) is 67.3 Å². The summed E-state index contributed by atoms with van der Waals surface area (Å²) in [5.41, 5.74) is 1.43. The molecule has 1 N–H and O–H groups in total. The zero-order chi connectivity index (χ0) is 15.8. The quantitative estimate of drug-likeness (QED) is 0.792. The molecule has 0 unspecified atom stereocenters. The number of anilines is 2. The second-order valence-electron chi connectivity index (χ2n) is 4.77. The molecule has 22 heavy (non-hydrogen) atoms. The van der Waals surface area contributed by atoms with Gasteiger partial charge in [0.1, 0.15) is 0 Å². The molecule has 0 atom stereocenters. The molecule has 0 spiro atoms. The fourth-order valence-electron chi connectivity index (χ4n) is 1.90. The van der Waals surface area contributed by atoms with Gasteiger partial charge in [-0.3, -0.25) is 4.79 Å². The molecule has 0 aliphatic rings. The Morgan fingerprint density at radius 2 is 1.91 bits per heavy atom. The van der Waals surface area contributed by atoms with Gasteiger partial charge in [0, 0.05) is 45.4 Å². The molecule has 0 saturated heterocycles. The summed E-state index contributed by atoms with van der Waals surface area (Å²) in [4.78, 5) is 22.3. The van der Waals surface area contributed by atoms with Crippen molar-refractivity contribution >= 4 is 17.5 Å². The van der Waals surface area contributed by atoms with Crippen LogP contribution in [-0.4, -0.2) is 43.2 Å². The van der Waals surface area contributed by atoms with Crippen molar-refractivity contribution in [3.63, 3.8) is 0 Å². The van der Waals surface area contributed by atoms with Crippen LogP contribution in [0.5, 0.6) is 0 Å². The van der Waals surface area contributed by atoms with Crippen molar-refractivity contribution in [1.82, 2.24) is 15.3 Å². The van der Waals surface area contributed by atoms with Crippen LogP contribution in [0.1, 0.15) is 16.8 Å². The zero-order valence-corrected chi connectivity index (χ0v) is 12.8. The van der Waals surface area contributed by atoms with Gasteiger partial charge in [-0.1, -0.05) is 18.2 Å². The van der Waals surface area contributed by atoms with Gasteiger partial charge >= 0.3 is 0 Å². The van der Waals surface area contributed by atoms with Gasteiger partial charge in [-0.15, -0.1) is 0 Å². The molecule has 2 aromatic rings. The summed E-state index contributed by atoms with van der Waals surface area (Å²) in [5, 5.41) is 2.80. The van der Waals surface area contributed by atoms with Gasteiger partial charge in [0.05, 0.1) is 5.56 Å². The molecule has 0 fully saturated rings. The first-order valence-electron chi connectivity index (χ1n) is 7.10. The van der Waals surface area contributed by atoms with Crippen molar-refractivity contribution in [3.8, 4) is 0 Å². The highest BCUT2D eigenvalue weighted by atomic mass is 16.5. The lowest BCUT2D eigenvalue weighted by Gasteiger charge is -2.16. The lowest BCUT2D eigenvalue weighted by molar-refractivity contribution is 0.0948. The number of benzene rings is 1. The van der Waals surface area contributed by atoms with Gasteiger partial charge in [0.25, 0.3) is 5.91 Å². The van der Waals surface area contributed by atoms with Crippen molar-refractivity contribution < 1.29 is 9.53 Å². The summed E-state index contributed by atoms with van der Waals surface area (Å²) in [6.07, 6.45) is 3.85.